The number of nitrogens with one attached hydrogen (secondary N) is 1. The van der Waals surface area contributed by atoms with Crippen molar-refractivity contribution in [2.24, 2.45) is 5.73 Å². The number of anilines is 1. The second-order valence-electron chi connectivity index (χ2n) is 2.59. The first-order valence-electron chi connectivity index (χ1n) is 3.66. The summed E-state index contributed by atoms with van der Waals surface area (Å²) in [4.78, 5) is 21.7. The zero-order valence-corrected chi connectivity index (χ0v) is 8.67. The SMILES string of the molecule is NC(=O)NC(=O)c1cc(N)cc(Br)c1. The molecule has 0 heterocycles. The Bertz CT molecular complexity index is 372. The van der Waals surface area contributed by atoms with E-state index in [0.717, 1.165) is 0 Å². The van der Waals surface area contributed by atoms with Crippen molar-refractivity contribution in [1.29, 1.82) is 0 Å². The number of carbonyl (C=O) groups is 2. The van der Waals surface area contributed by atoms with Crippen molar-refractivity contribution in [3.05, 3.63) is 28.2 Å². The van der Waals surface area contributed by atoms with Gasteiger partial charge in [-0.3, -0.25) is 10.1 Å². The van der Waals surface area contributed by atoms with Crippen molar-refractivity contribution in [3.8, 4) is 0 Å². The molecule has 0 bridgehead atoms. The molecule has 0 aliphatic heterocycles. The number of urea groups is 1. The summed E-state index contributed by atoms with van der Waals surface area (Å²) in [7, 11) is 0. The normalized spacial score (nSPS) is 9.50. The Labute approximate surface area is 88.6 Å². The summed E-state index contributed by atoms with van der Waals surface area (Å²) in [6, 6.07) is 3.73. The summed E-state index contributed by atoms with van der Waals surface area (Å²) in [5.74, 6) is -0.578. The van der Waals surface area contributed by atoms with Gasteiger partial charge < -0.3 is 11.5 Å². The van der Waals surface area contributed by atoms with Gasteiger partial charge in [0.05, 0.1) is 0 Å². The maximum atomic E-state index is 11.3. The Morgan fingerprint density at radius 3 is 2.43 bits per heavy atom. The number of hydrogen-bond acceptors (Lipinski definition) is 3. The van der Waals surface area contributed by atoms with Crippen LogP contribution in [-0.2, 0) is 0 Å². The zero-order valence-electron chi connectivity index (χ0n) is 7.08. The predicted octanol–water partition coefficient (Wildman–Crippen LogP) is 0.840. The lowest BCUT2D eigenvalue weighted by Crippen LogP contribution is -2.34. The Hall–Kier alpha value is -1.56. The molecule has 0 fully saturated rings. The van der Waals surface area contributed by atoms with Gasteiger partial charge in [-0.05, 0) is 18.2 Å². The number of carbonyl (C=O) groups excluding carboxylic acids is 2. The van der Waals surface area contributed by atoms with Crippen LogP contribution in [0.15, 0.2) is 22.7 Å². The fraction of sp³-hybridized carbons (Fsp3) is 0. The van der Waals surface area contributed by atoms with Crippen molar-refractivity contribution in [1.82, 2.24) is 5.32 Å². The molecule has 5 N–H and O–H groups in total. The monoisotopic (exact) mass is 257 g/mol. The van der Waals surface area contributed by atoms with Crippen LogP contribution in [0.25, 0.3) is 0 Å². The van der Waals surface area contributed by atoms with Gasteiger partial charge in [-0.1, -0.05) is 15.9 Å². The molecule has 0 aliphatic carbocycles. The quantitative estimate of drug-likeness (QED) is 0.651. The molecule has 0 atom stereocenters. The molecule has 0 unspecified atom stereocenters. The second kappa shape index (κ2) is 4.10. The molecule has 0 radical (unpaired) electrons. The molecule has 14 heavy (non-hydrogen) atoms. The summed E-state index contributed by atoms with van der Waals surface area (Å²) in [5.41, 5.74) is 11.0. The number of hydrogen-bond donors (Lipinski definition) is 3. The van der Waals surface area contributed by atoms with E-state index in [2.05, 4.69) is 15.9 Å². The summed E-state index contributed by atoms with van der Waals surface area (Å²) in [6.45, 7) is 0. The first kappa shape index (κ1) is 10.5. The van der Waals surface area contributed by atoms with Crippen LogP contribution in [-0.4, -0.2) is 11.9 Å². The first-order valence-corrected chi connectivity index (χ1v) is 4.45. The van der Waals surface area contributed by atoms with E-state index in [4.69, 9.17) is 11.5 Å². The molecule has 1 rings (SSSR count). The van der Waals surface area contributed by atoms with E-state index in [1.54, 1.807) is 6.07 Å². The number of rotatable bonds is 1. The molecular weight excluding hydrogens is 250 g/mol. The van der Waals surface area contributed by atoms with Crippen LogP contribution in [0.2, 0.25) is 0 Å². The van der Waals surface area contributed by atoms with Crippen LogP contribution in [0.4, 0.5) is 10.5 Å². The van der Waals surface area contributed by atoms with E-state index < -0.39 is 11.9 Å². The average Bonchev–Trinajstić information content (AvgIpc) is 2.00. The van der Waals surface area contributed by atoms with Gasteiger partial charge in [0.25, 0.3) is 5.91 Å². The van der Waals surface area contributed by atoms with Crippen LogP contribution in [0.1, 0.15) is 10.4 Å². The van der Waals surface area contributed by atoms with E-state index in [0.29, 0.717) is 10.2 Å². The third kappa shape index (κ3) is 2.74. The Balaban J connectivity index is 2.95. The highest BCUT2D eigenvalue weighted by Crippen LogP contribution is 2.16. The highest BCUT2D eigenvalue weighted by atomic mass is 79.9. The van der Waals surface area contributed by atoms with Crippen molar-refractivity contribution >= 4 is 33.6 Å². The van der Waals surface area contributed by atoms with Gasteiger partial charge in [-0.15, -0.1) is 0 Å². The number of benzene rings is 1. The van der Waals surface area contributed by atoms with E-state index in [1.165, 1.54) is 12.1 Å². The highest BCUT2D eigenvalue weighted by Gasteiger charge is 2.08. The van der Waals surface area contributed by atoms with Crippen LogP contribution in [0.3, 0.4) is 0 Å². The summed E-state index contributed by atoms with van der Waals surface area (Å²) in [5, 5.41) is 1.94. The van der Waals surface area contributed by atoms with Crippen LogP contribution >= 0.6 is 15.9 Å². The smallest absolute Gasteiger partial charge is 0.319 e. The average molecular weight is 258 g/mol. The Morgan fingerprint density at radius 1 is 1.29 bits per heavy atom. The van der Waals surface area contributed by atoms with E-state index in [-0.39, 0.29) is 5.56 Å². The number of halogens is 1. The van der Waals surface area contributed by atoms with Crippen LogP contribution < -0.4 is 16.8 Å². The van der Waals surface area contributed by atoms with E-state index >= 15 is 0 Å². The molecular formula is C8H8BrN3O2. The fourth-order valence-corrected chi connectivity index (χ4v) is 1.44. The molecule has 1 aromatic rings. The summed E-state index contributed by atoms with van der Waals surface area (Å²) >= 11 is 3.17. The molecule has 0 saturated heterocycles. The van der Waals surface area contributed by atoms with Gasteiger partial charge in [-0.25, -0.2) is 4.79 Å². The van der Waals surface area contributed by atoms with Crippen molar-refractivity contribution < 1.29 is 9.59 Å². The molecule has 3 amide bonds. The summed E-state index contributed by atoms with van der Waals surface area (Å²) in [6.07, 6.45) is 0. The third-order valence-electron chi connectivity index (χ3n) is 1.42. The molecule has 0 spiro atoms. The van der Waals surface area contributed by atoms with Crippen molar-refractivity contribution in [2.75, 3.05) is 5.73 Å². The van der Waals surface area contributed by atoms with E-state index in [9.17, 15) is 9.59 Å². The molecule has 1 aromatic carbocycles. The highest BCUT2D eigenvalue weighted by molar-refractivity contribution is 9.10. The van der Waals surface area contributed by atoms with Crippen molar-refractivity contribution in [3.63, 3.8) is 0 Å². The zero-order chi connectivity index (χ0) is 10.7. The minimum atomic E-state index is -0.895. The number of primary amides is 1. The lowest BCUT2D eigenvalue weighted by molar-refractivity contribution is 0.0966. The largest absolute Gasteiger partial charge is 0.399 e. The number of nitrogens with two attached hydrogens (primary N) is 2. The number of nitrogen functional groups attached to an aromatic ring is 1. The second-order valence-corrected chi connectivity index (χ2v) is 3.51. The first-order chi connectivity index (χ1) is 6.49. The molecule has 74 valence electrons. The van der Waals surface area contributed by atoms with Crippen molar-refractivity contribution in [2.45, 2.75) is 0 Å². The van der Waals surface area contributed by atoms with Gasteiger partial charge in [0.1, 0.15) is 0 Å². The molecule has 0 saturated carbocycles. The maximum absolute atomic E-state index is 11.3. The molecule has 0 aromatic heterocycles. The van der Waals surface area contributed by atoms with Crippen LogP contribution in [0.5, 0.6) is 0 Å². The maximum Gasteiger partial charge on any atom is 0.319 e. The number of amides is 3. The molecule has 6 heteroatoms. The molecule has 5 nitrogen and oxygen atoms in total. The van der Waals surface area contributed by atoms with Gasteiger partial charge in [0.15, 0.2) is 0 Å². The Morgan fingerprint density at radius 2 is 1.93 bits per heavy atom. The minimum Gasteiger partial charge on any atom is -0.399 e. The fourth-order valence-electron chi connectivity index (χ4n) is 0.927. The topological polar surface area (TPSA) is 98.2 Å². The van der Waals surface area contributed by atoms with Gasteiger partial charge >= 0.3 is 6.03 Å². The Kier molecular flexibility index (Phi) is 3.08. The standard InChI is InChI=1S/C8H8BrN3O2/c9-5-1-4(2-6(10)3-5)7(13)12-8(11)14/h1-3H,10H2,(H3,11,12,13,14). The van der Waals surface area contributed by atoms with Gasteiger partial charge in [-0.2, -0.15) is 0 Å². The van der Waals surface area contributed by atoms with Gasteiger partial charge in [0.2, 0.25) is 0 Å². The summed E-state index contributed by atoms with van der Waals surface area (Å²) < 4.78 is 0.659. The van der Waals surface area contributed by atoms with Crippen LogP contribution in [0, 0.1) is 0 Å². The number of imide groups is 1. The minimum absolute atomic E-state index is 0.274. The lowest BCUT2D eigenvalue weighted by Gasteiger charge is -2.02. The third-order valence-corrected chi connectivity index (χ3v) is 1.88. The van der Waals surface area contributed by atoms with E-state index in [1.807, 2.05) is 5.32 Å². The predicted molar refractivity (Wildman–Crippen MR) is 55.6 cm³/mol. The van der Waals surface area contributed by atoms with Gasteiger partial charge in [0, 0.05) is 15.7 Å². The molecule has 0 aliphatic rings. The lowest BCUT2D eigenvalue weighted by atomic mass is 10.2.